The van der Waals surface area contributed by atoms with Gasteiger partial charge in [-0.3, -0.25) is 0 Å². The van der Waals surface area contributed by atoms with Crippen molar-refractivity contribution in [3.63, 3.8) is 0 Å². The van der Waals surface area contributed by atoms with Crippen molar-refractivity contribution in [1.82, 2.24) is 0 Å². The van der Waals surface area contributed by atoms with Crippen LogP contribution in [0.3, 0.4) is 0 Å². The van der Waals surface area contributed by atoms with Crippen molar-refractivity contribution >= 4 is 23.1 Å². The molecule has 13 heavy (non-hydrogen) atoms. The van der Waals surface area contributed by atoms with Gasteiger partial charge in [-0.15, -0.1) is 11.3 Å². The first-order valence-electron chi connectivity index (χ1n) is 4.30. The van der Waals surface area contributed by atoms with Gasteiger partial charge in [0.25, 0.3) is 0 Å². The number of thiophene rings is 1. The lowest BCUT2D eigenvalue weighted by molar-refractivity contribution is 0.752. The van der Waals surface area contributed by atoms with E-state index in [-0.39, 0.29) is 0 Å². The van der Waals surface area contributed by atoms with Crippen molar-refractivity contribution in [2.75, 3.05) is 5.75 Å². The van der Waals surface area contributed by atoms with Crippen molar-refractivity contribution in [3.05, 3.63) is 21.9 Å². The van der Waals surface area contributed by atoms with Gasteiger partial charge in [0.2, 0.25) is 0 Å². The van der Waals surface area contributed by atoms with E-state index in [0.717, 1.165) is 12.2 Å². The fourth-order valence-corrected chi connectivity index (χ4v) is 2.89. The van der Waals surface area contributed by atoms with E-state index < -0.39 is 0 Å². The van der Waals surface area contributed by atoms with Gasteiger partial charge in [0.15, 0.2) is 0 Å². The summed E-state index contributed by atoms with van der Waals surface area (Å²) in [6.45, 7) is 4.39. The molecule has 1 nitrogen and oxygen atoms in total. The van der Waals surface area contributed by atoms with Crippen LogP contribution in [0.15, 0.2) is 11.4 Å². The summed E-state index contributed by atoms with van der Waals surface area (Å²) in [4.78, 5) is 1.47. The van der Waals surface area contributed by atoms with E-state index in [1.54, 1.807) is 0 Å². The Morgan fingerprint density at radius 1 is 1.69 bits per heavy atom. The van der Waals surface area contributed by atoms with Crippen LogP contribution in [0.4, 0.5) is 0 Å². The third-order valence-electron chi connectivity index (χ3n) is 2.07. The predicted octanol–water partition coefficient (Wildman–Crippen LogP) is 3.76. The lowest BCUT2D eigenvalue weighted by Gasteiger charge is -2.08. The van der Waals surface area contributed by atoms with Crippen LogP contribution in [-0.4, -0.2) is 5.75 Å². The topological polar surface area (TPSA) is 23.8 Å². The molecule has 1 aromatic heterocycles. The Balaban J connectivity index is 2.45. The zero-order valence-electron chi connectivity index (χ0n) is 7.91. The number of rotatable bonds is 4. The molecule has 0 aliphatic rings. The molecule has 0 saturated carbocycles. The van der Waals surface area contributed by atoms with Crippen LogP contribution >= 0.6 is 23.1 Å². The van der Waals surface area contributed by atoms with E-state index in [2.05, 4.69) is 30.7 Å². The average molecular weight is 211 g/mol. The van der Waals surface area contributed by atoms with Crippen LogP contribution in [0.5, 0.6) is 0 Å². The number of nitrogens with zero attached hydrogens (tertiary/aromatic N) is 1. The van der Waals surface area contributed by atoms with Gasteiger partial charge in [-0.05, 0) is 48.0 Å². The standard InChI is InChI=1S/C10H13NS2/c1-8(3-5-12-7-11)10-9(2)4-6-13-10/h4,6,8H,3,5H2,1-2H3. The van der Waals surface area contributed by atoms with Gasteiger partial charge in [-0.25, -0.2) is 0 Å². The Morgan fingerprint density at radius 3 is 3.00 bits per heavy atom. The summed E-state index contributed by atoms with van der Waals surface area (Å²) in [6.07, 6.45) is 1.10. The van der Waals surface area contributed by atoms with E-state index >= 15 is 0 Å². The summed E-state index contributed by atoms with van der Waals surface area (Å²) in [6, 6.07) is 2.16. The van der Waals surface area contributed by atoms with E-state index in [4.69, 9.17) is 5.26 Å². The molecule has 0 amide bonds. The predicted molar refractivity (Wildman–Crippen MR) is 60.2 cm³/mol. The van der Waals surface area contributed by atoms with Crippen LogP contribution in [0.1, 0.15) is 29.7 Å². The molecule has 0 spiro atoms. The highest BCUT2D eigenvalue weighted by atomic mass is 32.2. The number of thioether (sulfide) groups is 1. The Morgan fingerprint density at radius 2 is 2.46 bits per heavy atom. The second-order valence-electron chi connectivity index (χ2n) is 3.10. The van der Waals surface area contributed by atoms with Crippen molar-refractivity contribution in [2.45, 2.75) is 26.2 Å². The molecule has 0 radical (unpaired) electrons. The third kappa shape index (κ3) is 3.06. The average Bonchev–Trinajstić information content (AvgIpc) is 2.52. The fraction of sp³-hybridized carbons (Fsp3) is 0.500. The van der Waals surface area contributed by atoms with Gasteiger partial charge < -0.3 is 0 Å². The number of nitriles is 1. The van der Waals surface area contributed by atoms with Gasteiger partial charge in [0.05, 0.1) is 0 Å². The summed E-state index contributed by atoms with van der Waals surface area (Å²) < 4.78 is 0. The van der Waals surface area contributed by atoms with E-state index in [9.17, 15) is 0 Å². The molecule has 1 atom stereocenters. The van der Waals surface area contributed by atoms with Crippen molar-refractivity contribution in [3.8, 4) is 5.40 Å². The van der Waals surface area contributed by atoms with E-state index in [1.165, 1.54) is 22.2 Å². The second-order valence-corrected chi connectivity index (χ2v) is 4.92. The third-order valence-corrected chi connectivity index (χ3v) is 3.89. The van der Waals surface area contributed by atoms with Crippen LogP contribution in [0.25, 0.3) is 0 Å². The first kappa shape index (κ1) is 10.6. The minimum Gasteiger partial charge on any atom is -0.185 e. The maximum absolute atomic E-state index is 8.38. The smallest absolute Gasteiger partial charge is 0.133 e. The summed E-state index contributed by atoms with van der Waals surface area (Å²) in [5.41, 5.74) is 1.39. The molecule has 1 rings (SSSR count). The lowest BCUT2D eigenvalue weighted by atomic mass is 10.0. The largest absolute Gasteiger partial charge is 0.185 e. The molecule has 3 heteroatoms. The van der Waals surface area contributed by atoms with E-state index in [1.807, 2.05) is 11.3 Å². The lowest BCUT2D eigenvalue weighted by Crippen LogP contribution is -1.93. The summed E-state index contributed by atoms with van der Waals surface area (Å²) >= 11 is 3.17. The highest BCUT2D eigenvalue weighted by Crippen LogP contribution is 2.28. The minimum absolute atomic E-state index is 0.598. The summed E-state index contributed by atoms with van der Waals surface area (Å²) in [7, 11) is 0. The first-order chi connectivity index (χ1) is 6.25. The molecule has 0 saturated heterocycles. The Labute approximate surface area is 87.8 Å². The summed E-state index contributed by atoms with van der Waals surface area (Å²) in [5, 5.41) is 12.6. The molecule has 1 aromatic rings. The fourth-order valence-electron chi connectivity index (χ4n) is 1.30. The number of thiocyanates is 1. The van der Waals surface area contributed by atoms with Gasteiger partial charge in [-0.2, -0.15) is 5.26 Å². The first-order valence-corrected chi connectivity index (χ1v) is 6.17. The molecular formula is C10H13NS2. The molecule has 1 heterocycles. The van der Waals surface area contributed by atoms with Crippen molar-refractivity contribution < 1.29 is 0 Å². The highest BCUT2D eigenvalue weighted by molar-refractivity contribution is 8.03. The Bertz CT molecular complexity index is 298. The SMILES string of the molecule is Cc1ccsc1C(C)CCSC#N. The Hall–Kier alpha value is -0.460. The quantitative estimate of drug-likeness (QED) is 0.559. The normalized spacial score (nSPS) is 12.4. The van der Waals surface area contributed by atoms with Crippen LogP contribution < -0.4 is 0 Å². The number of hydrogen-bond acceptors (Lipinski definition) is 3. The van der Waals surface area contributed by atoms with Gasteiger partial charge in [-0.1, -0.05) is 6.92 Å². The molecule has 0 aromatic carbocycles. The maximum atomic E-state index is 8.38. The van der Waals surface area contributed by atoms with Gasteiger partial charge in [0.1, 0.15) is 5.40 Å². The van der Waals surface area contributed by atoms with Gasteiger partial charge >= 0.3 is 0 Å². The van der Waals surface area contributed by atoms with Gasteiger partial charge in [0, 0.05) is 10.6 Å². The number of aryl methyl sites for hydroxylation is 1. The number of hydrogen-bond donors (Lipinski definition) is 0. The van der Waals surface area contributed by atoms with Crippen molar-refractivity contribution in [1.29, 1.82) is 5.26 Å². The summed E-state index contributed by atoms with van der Waals surface area (Å²) in [5.74, 6) is 1.54. The zero-order valence-corrected chi connectivity index (χ0v) is 9.54. The Kier molecular flexibility index (Phi) is 4.34. The highest BCUT2D eigenvalue weighted by Gasteiger charge is 2.09. The van der Waals surface area contributed by atoms with Crippen molar-refractivity contribution in [2.24, 2.45) is 0 Å². The van der Waals surface area contributed by atoms with Crippen LogP contribution in [-0.2, 0) is 0 Å². The molecular weight excluding hydrogens is 198 g/mol. The molecule has 0 aliphatic carbocycles. The van der Waals surface area contributed by atoms with E-state index in [0.29, 0.717) is 5.92 Å². The molecule has 0 aliphatic heterocycles. The monoisotopic (exact) mass is 211 g/mol. The molecule has 0 bridgehead atoms. The maximum Gasteiger partial charge on any atom is 0.133 e. The zero-order chi connectivity index (χ0) is 9.68. The minimum atomic E-state index is 0.598. The molecule has 70 valence electrons. The second kappa shape index (κ2) is 5.31. The molecule has 0 N–H and O–H groups in total. The molecule has 1 unspecified atom stereocenters. The van der Waals surface area contributed by atoms with Crippen LogP contribution in [0.2, 0.25) is 0 Å². The molecule has 0 fully saturated rings. The van der Waals surface area contributed by atoms with Crippen LogP contribution in [0, 0.1) is 17.6 Å².